The summed E-state index contributed by atoms with van der Waals surface area (Å²) < 4.78 is 11.3. The van der Waals surface area contributed by atoms with Gasteiger partial charge >= 0.3 is 0 Å². The van der Waals surface area contributed by atoms with Crippen LogP contribution in [0.25, 0.3) is 0 Å². The second kappa shape index (κ2) is 10.4. The molecule has 7 nitrogen and oxygen atoms in total. The summed E-state index contributed by atoms with van der Waals surface area (Å²) >= 11 is 1.46. The largest absolute Gasteiger partial charge is 0.492 e. The van der Waals surface area contributed by atoms with Crippen LogP contribution in [0.5, 0.6) is 5.75 Å². The third kappa shape index (κ3) is 6.00. The normalized spacial score (nSPS) is 14.9. The van der Waals surface area contributed by atoms with Crippen molar-refractivity contribution in [2.75, 3.05) is 46.0 Å². The number of amides is 1. The predicted molar refractivity (Wildman–Crippen MR) is 105 cm³/mol. The van der Waals surface area contributed by atoms with Crippen LogP contribution in [0.1, 0.15) is 21.1 Å². The molecule has 0 spiro atoms. The maximum absolute atomic E-state index is 12.3. The van der Waals surface area contributed by atoms with E-state index in [1.54, 1.807) is 5.38 Å². The van der Waals surface area contributed by atoms with Crippen molar-refractivity contribution in [1.82, 2.24) is 15.2 Å². The summed E-state index contributed by atoms with van der Waals surface area (Å²) in [6.07, 6.45) is 0.692. The first kappa shape index (κ1) is 19.8. The number of aromatic nitrogens is 1. The highest BCUT2D eigenvalue weighted by Crippen LogP contribution is 2.18. The van der Waals surface area contributed by atoms with Crippen molar-refractivity contribution in [2.24, 2.45) is 5.73 Å². The number of thiazole rings is 1. The molecule has 1 aliphatic rings. The molecule has 0 atom stereocenters. The van der Waals surface area contributed by atoms with Crippen molar-refractivity contribution in [1.29, 1.82) is 0 Å². The van der Waals surface area contributed by atoms with Crippen LogP contribution in [0.4, 0.5) is 0 Å². The SMILES string of the molecule is NCCc1nc(C(=O)NCc2ccccc2OCCN2CCOCC2)cs1. The Bertz CT molecular complexity index is 731. The monoisotopic (exact) mass is 390 g/mol. The van der Waals surface area contributed by atoms with Crippen LogP contribution in [0, 0.1) is 0 Å². The predicted octanol–water partition coefficient (Wildman–Crippen LogP) is 1.29. The number of nitrogens with two attached hydrogens (primary N) is 1. The summed E-state index contributed by atoms with van der Waals surface area (Å²) in [6.45, 7) is 5.87. The molecule has 1 aliphatic heterocycles. The van der Waals surface area contributed by atoms with Crippen molar-refractivity contribution in [3.63, 3.8) is 0 Å². The lowest BCUT2D eigenvalue weighted by molar-refractivity contribution is 0.0322. The van der Waals surface area contributed by atoms with Gasteiger partial charge in [0.25, 0.3) is 5.91 Å². The van der Waals surface area contributed by atoms with Crippen LogP contribution in [-0.4, -0.2) is 61.8 Å². The Balaban J connectivity index is 1.49. The molecule has 1 fully saturated rings. The average Bonchev–Trinajstić information content (AvgIpc) is 3.17. The number of carbonyl (C=O) groups excluding carboxylic acids is 1. The van der Waals surface area contributed by atoms with Gasteiger partial charge in [-0.05, 0) is 12.6 Å². The molecule has 0 bridgehead atoms. The Hall–Kier alpha value is -2.00. The number of nitrogens with one attached hydrogen (secondary N) is 1. The number of ether oxygens (including phenoxy) is 2. The molecule has 1 aromatic carbocycles. The van der Waals surface area contributed by atoms with Crippen LogP contribution in [0.15, 0.2) is 29.6 Å². The van der Waals surface area contributed by atoms with E-state index < -0.39 is 0 Å². The fourth-order valence-electron chi connectivity index (χ4n) is 2.82. The summed E-state index contributed by atoms with van der Waals surface area (Å²) in [7, 11) is 0. The van der Waals surface area contributed by atoms with Gasteiger partial charge in [-0.15, -0.1) is 11.3 Å². The van der Waals surface area contributed by atoms with Gasteiger partial charge in [-0.25, -0.2) is 4.98 Å². The first-order valence-corrected chi connectivity index (χ1v) is 10.1. The molecule has 8 heteroatoms. The number of para-hydroxylation sites is 1. The summed E-state index contributed by atoms with van der Waals surface area (Å²) in [6, 6.07) is 7.78. The molecule has 1 aromatic heterocycles. The van der Waals surface area contributed by atoms with Gasteiger partial charge in [0.15, 0.2) is 0 Å². The minimum absolute atomic E-state index is 0.183. The van der Waals surface area contributed by atoms with Gasteiger partial charge in [0.1, 0.15) is 18.1 Å². The fraction of sp³-hybridized carbons (Fsp3) is 0.474. The summed E-state index contributed by atoms with van der Waals surface area (Å²) in [4.78, 5) is 19.0. The van der Waals surface area contributed by atoms with E-state index in [1.807, 2.05) is 24.3 Å². The zero-order valence-electron chi connectivity index (χ0n) is 15.4. The van der Waals surface area contributed by atoms with E-state index in [2.05, 4.69) is 15.2 Å². The van der Waals surface area contributed by atoms with Crippen molar-refractivity contribution < 1.29 is 14.3 Å². The van der Waals surface area contributed by atoms with Crippen LogP contribution in [0.3, 0.4) is 0 Å². The van der Waals surface area contributed by atoms with Crippen molar-refractivity contribution >= 4 is 17.2 Å². The zero-order valence-corrected chi connectivity index (χ0v) is 16.2. The Morgan fingerprint density at radius 2 is 2.15 bits per heavy atom. The third-order valence-electron chi connectivity index (χ3n) is 4.32. The zero-order chi connectivity index (χ0) is 18.9. The smallest absolute Gasteiger partial charge is 0.271 e. The molecule has 27 heavy (non-hydrogen) atoms. The molecule has 0 aliphatic carbocycles. The molecule has 1 amide bonds. The number of carbonyl (C=O) groups is 1. The standard InChI is InChI=1S/C19H26N4O3S/c20-6-5-18-22-16(14-27-18)19(24)21-13-15-3-1-2-4-17(15)26-12-9-23-7-10-25-11-8-23/h1-4,14H,5-13,20H2,(H,21,24). The van der Waals surface area contributed by atoms with E-state index in [9.17, 15) is 4.79 Å². The second-order valence-corrected chi connectivity index (χ2v) is 7.20. The average molecular weight is 391 g/mol. The summed E-state index contributed by atoms with van der Waals surface area (Å²) in [5.74, 6) is 0.616. The molecule has 3 rings (SSSR count). The van der Waals surface area contributed by atoms with E-state index in [4.69, 9.17) is 15.2 Å². The Morgan fingerprint density at radius 3 is 2.96 bits per heavy atom. The number of hydrogen-bond donors (Lipinski definition) is 2. The van der Waals surface area contributed by atoms with Gasteiger partial charge in [-0.3, -0.25) is 9.69 Å². The van der Waals surface area contributed by atoms with Gasteiger partial charge in [0.05, 0.1) is 18.2 Å². The molecule has 0 saturated carbocycles. The Morgan fingerprint density at radius 1 is 1.33 bits per heavy atom. The van der Waals surface area contributed by atoms with E-state index in [-0.39, 0.29) is 5.91 Å². The molecule has 2 aromatic rings. The highest BCUT2D eigenvalue weighted by atomic mass is 32.1. The van der Waals surface area contributed by atoms with E-state index in [0.29, 0.717) is 31.8 Å². The second-order valence-electron chi connectivity index (χ2n) is 6.26. The maximum atomic E-state index is 12.3. The molecule has 2 heterocycles. The van der Waals surface area contributed by atoms with E-state index in [0.717, 1.165) is 49.2 Å². The van der Waals surface area contributed by atoms with Crippen molar-refractivity contribution in [3.8, 4) is 5.75 Å². The number of morpholine rings is 1. The topological polar surface area (TPSA) is 89.7 Å². The Kier molecular flexibility index (Phi) is 7.58. The van der Waals surface area contributed by atoms with Crippen molar-refractivity contribution in [2.45, 2.75) is 13.0 Å². The molecule has 146 valence electrons. The van der Waals surface area contributed by atoms with Gasteiger partial charge in [-0.2, -0.15) is 0 Å². The van der Waals surface area contributed by atoms with Gasteiger partial charge in [-0.1, -0.05) is 18.2 Å². The van der Waals surface area contributed by atoms with Crippen LogP contribution < -0.4 is 15.8 Å². The first-order valence-electron chi connectivity index (χ1n) is 9.19. The Labute approximate surface area is 163 Å². The summed E-state index contributed by atoms with van der Waals surface area (Å²) in [5.41, 5.74) is 6.92. The van der Waals surface area contributed by atoms with Crippen molar-refractivity contribution in [3.05, 3.63) is 45.9 Å². The fourth-order valence-corrected chi connectivity index (χ4v) is 3.61. The third-order valence-corrected chi connectivity index (χ3v) is 5.23. The van der Waals surface area contributed by atoms with Crippen LogP contribution in [-0.2, 0) is 17.7 Å². The van der Waals surface area contributed by atoms with Gasteiger partial charge < -0.3 is 20.5 Å². The number of hydrogen-bond acceptors (Lipinski definition) is 7. The number of rotatable bonds is 9. The maximum Gasteiger partial charge on any atom is 0.271 e. The summed E-state index contributed by atoms with van der Waals surface area (Å²) in [5, 5.41) is 5.57. The van der Waals surface area contributed by atoms with Crippen LogP contribution >= 0.6 is 11.3 Å². The van der Waals surface area contributed by atoms with E-state index >= 15 is 0 Å². The molecular formula is C19H26N4O3S. The molecule has 0 radical (unpaired) electrons. The first-order chi connectivity index (χ1) is 13.3. The quantitative estimate of drug-likeness (QED) is 0.671. The minimum Gasteiger partial charge on any atom is -0.492 e. The molecule has 3 N–H and O–H groups in total. The molecular weight excluding hydrogens is 364 g/mol. The lowest BCUT2D eigenvalue weighted by Gasteiger charge is -2.26. The van der Waals surface area contributed by atoms with Crippen LogP contribution in [0.2, 0.25) is 0 Å². The highest BCUT2D eigenvalue weighted by Gasteiger charge is 2.13. The molecule has 1 saturated heterocycles. The van der Waals surface area contributed by atoms with Gasteiger partial charge in [0.2, 0.25) is 0 Å². The van der Waals surface area contributed by atoms with Gasteiger partial charge in [0, 0.05) is 43.5 Å². The minimum atomic E-state index is -0.183. The molecule has 0 unspecified atom stereocenters. The lowest BCUT2D eigenvalue weighted by Crippen LogP contribution is -2.38. The lowest BCUT2D eigenvalue weighted by atomic mass is 10.2. The number of nitrogens with zero attached hydrogens (tertiary/aromatic N) is 2. The number of benzene rings is 1. The van der Waals surface area contributed by atoms with E-state index in [1.165, 1.54) is 11.3 Å². The highest BCUT2D eigenvalue weighted by molar-refractivity contribution is 7.09.